The number of benzene rings is 1. The predicted molar refractivity (Wildman–Crippen MR) is 105 cm³/mol. The summed E-state index contributed by atoms with van der Waals surface area (Å²) in [4.78, 5) is 19.3. The quantitative estimate of drug-likeness (QED) is 0.492. The Morgan fingerprint density at radius 3 is 2.67 bits per heavy atom. The molecular formula is C20H18N6O. The van der Waals surface area contributed by atoms with Crippen LogP contribution in [0.2, 0.25) is 0 Å². The van der Waals surface area contributed by atoms with Crippen LogP contribution in [0.25, 0.3) is 10.9 Å². The van der Waals surface area contributed by atoms with E-state index in [0.717, 1.165) is 18.5 Å². The van der Waals surface area contributed by atoms with Gasteiger partial charge in [-0.1, -0.05) is 18.2 Å². The van der Waals surface area contributed by atoms with Gasteiger partial charge in [-0.15, -0.1) is 10.2 Å². The Balaban J connectivity index is 1.32. The van der Waals surface area contributed by atoms with E-state index in [2.05, 4.69) is 42.9 Å². The average Bonchev–Trinajstić information content (AvgIpc) is 3.13. The van der Waals surface area contributed by atoms with Crippen molar-refractivity contribution in [1.29, 1.82) is 0 Å². The number of hydrogen-bond acceptors (Lipinski definition) is 5. The summed E-state index contributed by atoms with van der Waals surface area (Å²) < 4.78 is 0. The molecule has 0 saturated heterocycles. The van der Waals surface area contributed by atoms with Crippen molar-refractivity contribution in [2.75, 3.05) is 17.2 Å². The second-order valence-corrected chi connectivity index (χ2v) is 6.04. The van der Waals surface area contributed by atoms with Crippen LogP contribution in [-0.2, 0) is 6.42 Å². The zero-order chi connectivity index (χ0) is 18.5. The van der Waals surface area contributed by atoms with E-state index in [4.69, 9.17) is 0 Å². The van der Waals surface area contributed by atoms with Gasteiger partial charge in [-0.25, -0.2) is 0 Å². The summed E-state index contributed by atoms with van der Waals surface area (Å²) in [5.41, 5.74) is 2.87. The number of fused-ring (bicyclic) bond motifs is 1. The number of pyridine rings is 1. The molecule has 0 atom stereocenters. The first-order chi connectivity index (χ1) is 13.3. The molecule has 0 bridgehead atoms. The smallest absolute Gasteiger partial charge is 0.258 e. The lowest BCUT2D eigenvalue weighted by Gasteiger charge is -2.06. The normalized spacial score (nSPS) is 10.7. The predicted octanol–water partition coefficient (Wildman–Crippen LogP) is 3.26. The summed E-state index contributed by atoms with van der Waals surface area (Å²) in [5.74, 6) is 0.790. The minimum Gasteiger partial charge on any atom is -0.368 e. The molecule has 7 nitrogen and oxygen atoms in total. The van der Waals surface area contributed by atoms with E-state index in [1.807, 2.05) is 18.3 Å². The van der Waals surface area contributed by atoms with Crippen LogP contribution in [0.5, 0.6) is 0 Å². The minimum absolute atomic E-state index is 0.266. The molecule has 0 aliphatic heterocycles. The van der Waals surface area contributed by atoms with Gasteiger partial charge in [0, 0.05) is 36.0 Å². The van der Waals surface area contributed by atoms with Crippen LogP contribution in [0.1, 0.15) is 15.9 Å². The average molecular weight is 358 g/mol. The van der Waals surface area contributed by atoms with Crippen molar-refractivity contribution in [3.05, 3.63) is 78.2 Å². The third-order valence-corrected chi connectivity index (χ3v) is 4.21. The van der Waals surface area contributed by atoms with Crippen molar-refractivity contribution < 1.29 is 4.79 Å². The Bertz CT molecular complexity index is 1040. The fourth-order valence-electron chi connectivity index (χ4n) is 2.84. The summed E-state index contributed by atoms with van der Waals surface area (Å²) in [6.45, 7) is 0.734. The second-order valence-electron chi connectivity index (χ2n) is 6.04. The van der Waals surface area contributed by atoms with E-state index in [1.165, 1.54) is 17.1 Å². The molecule has 3 aromatic heterocycles. The van der Waals surface area contributed by atoms with Gasteiger partial charge < -0.3 is 15.6 Å². The molecule has 0 unspecified atom stereocenters. The van der Waals surface area contributed by atoms with Crippen LogP contribution in [0.4, 0.5) is 11.6 Å². The molecule has 3 N–H and O–H groups in total. The monoisotopic (exact) mass is 358 g/mol. The van der Waals surface area contributed by atoms with Gasteiger partial charge in [0.2, 0.25) is 0 Å². The highest BCUT2D eigenvalue weighted by Gasteiger charge is 2.07. The van der Waals surface area contributed by atoms with Crippen LogP contribution < -0.4 is 10.6 Å². The number of nitrogens with zero attached hydrogens (tertiary/aromatic N) is 3. The van der Waals surface area contributed by atoms with E-state index >= 15 is 0 Å². The van der Waals surface area contributed by atoms with Gasteiger partial charge in [0.05, 0.1) is 5.56 Å². The number of aromatic nitrogens is 4. The van der Waals surface area contributed by atoms with Gasteiger partial charge in [-0.3, -0.25) is 9.78 Å². The van der Waals surface area contributed by atoms with Crippen molar-refractivity contribution in [1.82, 2.24) is 20.2 Å². The molecule has 3 heterocycles. The number of H-pyrrole nitrogens is 1. The maximum atomic E-state index is 12.1. The fourth-order valence-corrected chi connectivity index (χ4v) is 2.84. The molecule has 0 fully saturated rings. The van der Waals surface area contributed by atoms with Crippen molar-refractivity contribution in [2.24, 2.45) is 0 Å². The van der Waals surface area contributed by atoms with Gasteiger partial charge in [0.15, 0.2) is 5.82 Å². The molecular weight excluding hydrogens is 340 g/mol. The molecule has 1 amide bonds. The standard InChI is InChI=1S/C20H18N6O/c27-20(15-4-3-10-21-12-15)24-19-8-7-18(25-26-19)22-11-9-14-13-23-17-6-2-1-5-16(14)17/h1-8,10,12-13,23H,9,11H2,(H,22,25)(H,24,26,27). The van der Waals surface area contributed by atoms with Crippen molar-refractivity contribution >= 4 is 28.4 Å². The molecule has 4 aromatic rings. The third-order valence-electron chi connectivity index (χ3n) is 4.21. The summed E-state index contributed by atoms with van der Waals surface area (Å²) in [5, 5.41) is 15.3. The SMILES string of the molecule is O=C(Nc1ccc(NCCc2c[nH]c3ccccc23)nn1)c1cccnc1. The van der Waals surface area contributed by atoms with Crippen molar-refractivity contribution in [3.63, 3.8) is 0 Å². The highest BCUT2D eigenvalue weighted by molar-refractivity contribution is 6.03. The van der Waals surface area contributed by atoms with Crippen LogP contribution in [-0.4, -0.2) is 32.6 Å². The lowest BCUT2D eigenvalue weighted by atomic mass is 10.1. The van der Waals surface area contributed by atoms with Crippen LogP contribution >= 0.6 is 0 Å². The molecule has 0 saturated carbocycles. The Morgan fingerprint density at radius 1 is 1.00 bits per heavy atom. The summed E-state index contributed by atoms with van der Waals surface area (Å²) in [7, 11) is 0. The Labute approximate surface area is 155 Å². The molecule has 1 aromatic carbocycles. The number of amides is 1. The highest BCUT2D eigenvalue weighted by Crippen LogP contribution is 2.18. The number of rotatable bonds is 6. The van der Waals surface area contributed by atoms with Gasteiger partial charge >= 0.3 is 0 Å². The van der Waals surface area contributed by atoms with Crippen molar-refractivity contribution in [2.45, 2.75) is 6.42 Å². The maximum absolute atomic E-state index is 12.1. The number of para-hydroxylation sites is 1. The van der Waals surface area contributed by atoms with Gasteiger partial charge in [0.25, 0.3) is 5.91 Å². The summed E-state index contributed by atoms with van der Waals surface area (Å²) in [6.07, 6.45) is 6.02. The Kier molecular flexibility index (Phi) is 4.74. The van der Waals surface area contributed by atoms with E-state index < -0.39 is 0 Å². The van der Waals surface area contributed by atoms with Crippen LogP contribution in [0, 0.1) is 0 Å². The second kappa shape index (κ2) is 7.65. The number of aromatic amines is 1. The topological polar surface area (TPSA) is 95.6 Å². The molecule has 27 heavy (non-hydrogen) atoms. The molecule has 134 valence electrons. The fraction of sp³-hybridized carbons (Fsp3) is 0.100. The lowest BCUT2D eigenvalue weighted by molar-refractivity contribution is 0.102. The molecule has 0 aliphatic rings. The van der Waals surface area contributed by atoms with Gasteiger partial charge in [-0.2, -0.15) is 0 Å². The van der Waals surface area contributed by atoms with Gasteiger partial charge in [-0.05, 0) is 42.3 Å². The van der Waals surface area contributed by atoms with Crippen LogP contribution in [0.3, 0.4) is 0 Å². The lowest BCUT2D eigenvalue weighted by Crippen LogP contribution is -2.14. The van der Waals surface area contributed by atoms with E-state index in [-0.39, 0.29) is 5.91 Å². The zero-order valence-corrected chi connectivity index (χ0v) is 14.5. The molecule has 0 spiro atoms. The first kappa shape index (κ1) is 16.7. The first-order valence-corrected chi connectivity index (χ1v) is 8.63. The number of anilines is 2. The third kappa shape index (κ3) is 3.92. The zero-order valence-electron chi connectivity index (χ0n) is 14.5. The van der Waals surface area contributed by atoms with E-state index in [9.17, 15) is 4.79 Å². The maximum Gasteiger partial charge on any atom is 0.258 e. The number of carbonyl (C=O) groups is 1. The van der Waals surface area contributed by atoms with Crippen molar-refractivity contribution in [3.8, 4) is 0 Å². The van der Waals surface area contributed by atoms with Gasteiger partial charge in [0.1, 0.15) is 5.82 Å². The molecule has 0 radical (unpaired) electrons. The molecule has 7 heteroatoms. The minimum atomic E-state index is -0.266. The number of carbonyl (C=O) groups excluding carboxylic acids is 1. The summed E-state index contributed by atoms with van der Waals surface area (Å²) >= 11 is 0. The first-order valence-electron chi connectivity index (χ1n) is 8.63. The largest absolute Gasteiger partial charge is 0.368 e. The summed E-state index contributed by atoms with van der Waals surface area (Å²) in [6, 6.07) is 15.1. The van der Waals surface area contributed by atoms with Crippen LogP contribution in [0.15, 0.2) is 67.1 Å². The number of hydrogen-bond donors (Lipinski definition) is 3. The van der Waals surface area contributed by atoms with E-state index in [0.29, 0.717) is 17.2 Å². The Hall–Kier alpha value is -3.74. The van der Waals surface area contributed by atoms with E-state index in [1.54, 1.807) is 30.5 Å². The molecule has 0 aliphatic carbocycles. The number of nitrogens with one attached hydrogen (secondary N) is 3. The molecule has 4 rings (SSSR count). The highest BCUT2D eigenvalue weighted by atomic mass is 16.1. The Morgan fingerprint density at radius 2 is 1.85 bits per heavy atom.